The number of fused-ring (bicyclic) bond motifs is 1. The highest BCUT2D eigenvalue weighted by molar-refractivity contribution is 5.87. The molecule has 106 valence electrons. The van der Waals surface area contributed by atoms with Crippen LogP contribution in [0.25, 0.3) is 22.0 Å². The van der Waals surface area contributed by atoms with E-state index in [1.165, 1.54) is 0 Å². The molecule has 5 nitrogen and oxygen atoms in total. The molecule has 2 N–H and O–H groups in total. The van der Waals surface area contributed by atoms with Crippen LogP contribution < -0.4 is 15.2 Å². The molecule has 0 bridgehead atoms. The van der Waals surface area contributed by atoms with Crippen LogP contribution in [0.5, 0.6) is 11.5 Å². The second-order valence-corrected chi connectivity index (χ2v) is 4.54. The molecule has 0 aliphatic carbocycles. The predicted molar refractivity (Wildman–Crippen MR) is 82.5 cm³/mol. The maximum atomic E-state index is 5.60. The molecule has 0 unspecified atom stereocenters. The van der Waals surface area contributed by atoms with Crippen LogP contribution in [-0.2, 0) is 0 Å². The molecule has 2 aromatic carbocycles. The summed E-state index contributed by atoms with van der Waals surface area (Å²) in [6.45, 7) is 0. The minimum atomic E-state index is 0.269. The van der Waals surface area contributed by atoms with E-state index in [0.29, 0.717) is 0 Å². The number of rotatable bonds is 3. The Morgan fingerprint density at radius 1 is 1.00 bits per heavy atom. The Bertz CT molecular complexity index is 780. The third-order valence-corrected chi connectivity index (χ3v) is 3.31. The summed E-state index contributed by atoms with van der Waals surface area (Å²) in [6, 6.07) is 11.6. The summed E-state index contributed by atoms with van der Waals surface area (Å²) in [4.78, 5) is 8.23. The third kappa shape index (κ3) is 2.33. The molecule has 0 radical (unpaired) electrons. The highest BCUT2D eigenvalue weighted by Crippen LogP contribution is 2.38. The maximum Gasteiger partial charge on any atom is 0.220 e. The topological polar surface area (TPSA) is 70.3 Å². The Morgan fingerprint density at radius 3 is 2.38 bits per heavy atom. The van der Waals surface area contributed by atoms with Gasteiger partial charge in [0.2, 0.25) is 5.95 Å². The Morgan fingerprint density at radius 2 is 1.71 bits per heavy atom. The first-order valence-corrected chi connectivity index (χ1v) is 6.46. The Hall–Kier alpha value is -2.82. The predicted octanol–water partition coefficient (Wildman–Crippen LogP) is 2.90. The van der Waals surface area contributed by atoms with Crippen LogP contribution in [0.3, 0.4) is 0 Å². The van der Waals surface area contributed by atoms with Gasteiger partial charge in [0.25, 0.3) is 0 Å². The minimum absolute atomic E-state index is 0.269. The fourth-order valence-corrected chi connectivity index (χ4v) is 2.34. The zero-order valence-electron chi connectivity index (χ0n) is 11.8. The molecule has 0 saturated carbocycles. The number of nitrogen functional groups attached to an aromatic ring is 1. The van der Waals surface area contributed by atoms with Gasteiger partial charge in [-0.25, -0.2) is 9.97 Å². The summed E-state index contributed by atoms with van der Waals surface area (Å²) in [7, 11) is 3.28. The molecule has 3 rings (SSSR count). The van der Waals surface area contributed by atoms with Crippen LogP contribution >= 0.6 is 0 Å². The van der Waals surface area contributed by atoms with E-state index in [4.69, 9.17) is 15.2 Å². The van der Waals surface area contributed by atoms with E-state index in [1.807, 2.05) is 36.4 Å². The Kier molecular flexibility index (Phi) is 3.31. The average Bonchev–Trinajstić information content (AvgIpc) is 2.53. The molecule has 1 heterocycles. The van der Waals surface area contributed by atoms with Gasteiger partial charge >= 0.3 is 0 Å². The van der Waals surface area contributed by atoms with E-state index in [2.05, 4.69) is 9.97 Å². The minimum Gasteiger partial charge on any atom is -0.496 e. The first-order valence-electron chi connectivity index (χ1n) is 6.46. The summed E-state index contributed by atoms with van der Waals surface area (Å²) in [5, 5.41) is 0.912. The first kappa shape index (κ1) is 13.2. The van der Waals surface area contributed by atoms with Gasteiger partial charge in [0.05, 0.1) is 25.3 Å². The van der Waals surface area contributed by atoms with Crippen LogP contribution in [0.4, 0.5) is 5.95 Å². The summed E-state index contributed by atoms with van der Waals surface area (Å²) in [6.07, 6.45) is 1.71. The van der Waals surface area contributed by atoms with Crippen molar-refractivity contribution in [1.82, 2.24) is 9.97 Å². The van der Waals surface area contributed by atoms with Crippen molar-refractivity contribution >= 4 is 16.9 Å². The largest absolute Gasteiger partial charge is 0.496 e. The molecule has 3 aromatic rings. The van der Waals surface area contributed by atoms with Crippen molar-refractivity contribution in [3.05, 3.63) is 42.6 Å². The van der Waals surface area contributed by atoms with Gasteiger partial charge in [-0.15, -0.1) is 0 Å². The van der Waals surface area contributed by atoms with Gasteiger partial charge in [0, 0.05) is 11.6 Å². The Balaban J connectivity index is 2.23. The van der Waals surface area contributed by atoms with Gasteiger partial charge in [-0.3, -0.25) is 0 Å². The molecule has 0 saturated heterocycles. The van der Waals surface area contributed by atoms with Gasteiger partial charge in [0.15, 0.2) is 0 Å². The van der Waals surface area contributed by atoms with Crippen molar-refractivity contribution in [3.63, 3.8) is 0 Å². The second-order valence-electron chi connectivity index (χ2n) is 4.54. The number of benzene rings is 2. The SMILES string of the molecule is COc1cccc(OC)c1-c1ccc2nc(N)ncc2c1. The number of anilines is 1. The highest BCUT2D eigenvalue weighted by Gasteiger charge is 2.12. The molecule has 0 spiro atoms. The van der Waals surface area contributed by atoms with Crippen molar-refractivity contribution in [1.29, 1.82) is 0 Å². The molecule has 0 aliphatic rings. The quantitative estimate of drug-likeness (QED) is 0.799. The first-order chi connectivity index (χ1) is 10.2. The zero-order valence-corrected chi connectivity index (χ0v) is 11.8. The summed E-state index contributed by atoms with van der Waals surface area (Å²) >= 11 is 0. The van der Waals surface area contributed by atoms with E-state index < -0.39 is 0 Å². The van der Waals surface area contributed by atoms with Gasteiger partial charge in [-0.05, 0) is 29.8 Å². The molecule has 0 atom stereocenters. The van der Waals surface area contributed by atoms with Crippen molar-refractivity contribution < 1.29 is 9.47 Å². The van der Waals surface area contributed by atoms with Crippen LogP contribution in [-0.4, -0.2) is 24.2 Å². The molecule has 21 heavy (non-hydrogen) atoms. The molecule has 1 aromatic heterocycles. The lowest BCUT2D eigenvalue weighted by atomic mass is 10.0. The van der Waals surface area contributed by atoms with Gasteiger partial charge in [0.1, 0.15) is 11.5 Å². The zero-order chi connectivity index (χ0) is 14.8. The molecule has 0 amide bonds. The fraction of sp³-hybridized carbons (Fsp3) is 0.125. The summed E-state index contributed by atoms with van der Waals surface area (Å²) < 4.78 is 10.9. The van der Waals surface area contributed by atoms with Crippen molar-refractivity contribution in [2.24, 2.45) is 0 Å². The lowest BCUT2D eigenvalue weighted by Gasteiger charge is -2.13. The number of aromatic nitrogens is 2. The van der Waals surface area contributed by atoms with Gasteiger partial charge < -0.3 is 15.2 Å². The van der Waals surface area contributed by atoms with Crippen molar-refractivity contribution in [3.8, 4) is 22.6 Å². The van der Waals surface area contributed by atoms with E-state index >= 15 is 0 Å². The van der Waals surface area contributed by atoms with Crippen LogP contribution in [0.15, 0.2) is 42.6 Å². The molecular formula is C16H15N3O2. The normalized spacial score (nSPS) is 10.6. The van der Waals surface area contributed by atoms with E-state index in [-0.39, 0.29) is 5.95 Å². The van der Waals surface area contributed by atoms with Crippen molar-refractivity contribution in [2.45, 2.75) is 0 Å². The van der Waals surface area contributed by atoms with Gasteiger partial charge in [-0.1, -0.05) is 12.1 Å². The average molecular weight is 281 g/mol. The number of nitrogens with zero attached hydrogens (tertiary/aromatic N) is 2. The smallest absolute Gasteiger partial charge is 0.220 e. The standard InChI is InChI=1S/C16H15N3O2/c1-20-13-4-3-5-14(21-2)15(13)10-6-7-12-11(8-10)9-18-16(17)19-12/h3-9H,1-2H3,(H2,17,18,19). The maximum absolute atomic E-state index is 5.60. The van der Waals surface area contributed by atoms with Gasteiger partial charge in [-0.2, -0.15) is 0 Å². The highest BCUT2D eigenvalue weighted by atomic mass is 16.5. The third-order valence-electron chi connectivity index (χ3n) is 3.31. The monoisotopic (exact) mass is 281 g/mol. The number of methoxy groups -OCH3 is 2. The number of hydrogen-bond acceptors (Lipinski definition) is 5. The summed E-state index contributed by atoms with van der Waals surface area (Å²) in [5.74, 6) is 1.78. The van der Waals surface area contributed by atoms with Crippen LogP contribution in [0.2, 0.25) is 0 Å². The number of hydrogen-bond donors (Lipinski definition) is 1. The number of nitrogens with two attached hydrogens (primary N) is 1. The number of ether oxygens (including phenoxy) is 2. The summed E-state index contributed by atoms with van der Waals surface area (Å²) in [5.41, 5.74) is 8.29. The lowest BCUT2D eigenvalue weighted by molar-refractivity contribution is 0.397. The second kappa shape index (κ2) is 5.28. The van der Waals surface area contributed by atoms with E-state index in [0.717, 1.165) is 33.5 Å². The molecular weight excluding hydrogens is 266 g/mol. The molecule has 5 heteroatoms. The van der Waals surface area contributed by atoms with Crippen LogP contribution in [0.1, 0.15) is 0 Å². The van der Waals surface area contributed by atoms with E-state index in [1.54, 1.807) is 20.4 Å². The fourth-order valence-electron chi connectivity index (χ4n) is 2.34. The lowest BCUT2D eigenvalue weighted by Crippen LogP contribution is -1.95. The van der Waals surface area contributed by atoms with E-state index in [9.17, 15) is 0 Å². The molecule has 0 fully saturated rings. The Labute approximate surface area is 122 Å². The van der Waals surface area contributed by atoms with Crippen LogP contribution in [0, 0.1) is 0 Å². The van der Waals surface area contributed by atoms with Crippen molar-refractivity contribution in [2.75, 3.05) is 20.0 Å². The molecule has 0 aliphatic heterocycles.